The van der Waals surface area contributed by atoms with Gasteiger partial charge >= 0.3 is 0 Å². The van der Waals surface area contributed by atoms with Crippen LogP contribution in [0, 0.1) is 0 Å². The molecule has 0 amide bonds. The van der Waals surface area contributed by atoms with E-state index in [2.05, 4.69) is 31.2 Å². The van der Waals surface area contributed by atoms with Crippen LogP contribution in [-0.4, -0.2) is 38.1 Å². The van der Waals surface area contributed by atoms with Crippen molar-refractivity contribution < 1.29 is 0 Å². The molecule has 0 aliphatic rings. The Morgan fingerprint density at radius 3 is 2.62 bits per heavy atom. The van der Waals surface area contributed by atoms with Crippen LogP contribution in [-0.2, 0) is 0 Å². The Labute approximate surface area is 90.9 Å². The zero-order chi connectivity index (χ0) is 10.3. The van der Waals surface area contributed by atoms with E-state index in [-0.39, 0.29) is 0 Å². The number of hydrogen-bond donors (Lipinski definition) is 1. The lowest BCUT2D eigenvalue weighted by Crippen LogP contribution is -2.30. The Morgan fingerprint density at radius 2 is 2.15 bits per heavy atom. The van der Waals surface area contributed by atoms with Gasteiger partial charge < -0.3 is 10.2 Å². The van der Waals surface area contributed by atoms with Crippen LogP contribution in [0.15, 0.2) is 10.6 Å². The second-order valence-electron chi connectivity index (χ2n) is 3.43. The fraction of sp³-hybridized carbons (Fsp3) is 0.778. The molecule has 0 aromatic rings. The number of nitrogens with one attached hydrogen (secondary N) is 1. The molecule has 13 heavy (non-hydrogen) atoms. The highest BCUT2D eigenvalue weighted by Crippen LogP contribution is 2.02. The van der Waals surface area contributed by atoms with Crippen LogP contribution in [0.3, 0.4) is 0 Å². The van der Waals surface area contributed by atoms with Gasteiger partial charge in [0, 0.05) is 23.2 Å². The molecular formula is C9H18Cl2N2. The smallest absolute Gasteiger partial charge is 0.0431 e. The molecule has 0 heterocycles. The molecule has 0 aromatic carbocycles. The quantitative estimate of drug-likeness (QED) is 0.745. The number of rotatable bonds is 6. The van der Waals surface area contributed by atoms with Crippen LogP contribution in [0.1, 0.15) is 13.3 Å². The van der Waals surface area contributed by atoms with Crippen LogP contribution in [0.25, 0.3) is 0 Å². The van der Waals surface area contributed by atoms with E-state index in [1.165, 1.54) is 5.54 Å². The second kappa shape index (κ2) is 7.63. The SMILES string of the molecule is CC(CCN(C)C)NCC(Cl)=CCl. The first-order valence-electron chi connectivity index (χ1n) is 4.39. The largest absolute Gasteiger partial charge is 0.309 e. The number of halogens is 2. The topological polar surface area (TPSA) is 15.3 Å². The highest BCUT2D eigenvalue weighted by atomic mass is 35.5. The summed E-state index contributed by atoms with van der Waals surface area (Å²) in [5, 5.41) is 3.93. The molecular weight excluding hydrogens is 207 g/mol. The van der Waals surface area contributed by atoms with Crippen molar-refractivity contribution in [3.8, 4) is 0 Å². The van der Waals surface area contributed by atoms with Crippen LogP contribution >= 0.6 is 23.2 Å². The normalized spacial score (nSPS) is 15.1. The summed E-state index contributed by atoms with van der Waals surface area (Å²) in [4.78, 5) is 2.16. The van der Waals surface area contributed by atoms with E-state index in [1.807, 2.05) is 0 Å². The molecule has 0 rings (SSSR count). The minimum Gasteiger partial charge on any atom is -0.309 e. The summed E-state index contributed by atoms with van der Waals surface area (Å²) in [6.45, 7) is 3.87. The van der Waals surface area contributed by atoms with E-state index in [0.717, 1.165) is 13.0 Å². The van der Waals surface area contributed by atoms with Crippen molar-refractivity contribution in [2.45, 2.75) is 19.4 Å². The Bertz CT molecular complexity index is 158. The number of nitrogens with zero attached hydrogens (tertiary/aromatic N) is 1. The van der Waals surface area contributed by atoms with Gasteiger partial charge in [0.2, 0.25) is 0 Å². The molecule has 0 fully saturated rings. The summed E-state index contributed by atoms with van der Waals surface area (Å²) in [7, 11) is 4.14. The maximum atomic E-state index is 5.73. The monoisotopic (exact) mass is 224 g/mol. The van der Waals surface area contributed by atoms with Crippen molar-refractivity contribution >= 4 is 23.2 Å². The van der Waals surface area contributed by atoms with Gasteiger partial charge in [-0.2, -0.15) is 0 Å². The fourth-order valence-corrected chi connectivity index (χ4v) is 1.02. The van der Waals surface area contributed by atoms with Gasteiger partial charge in [-0.3, -0.25) is 0 Å². The number of hydrogen-bond acceptors (Lipinski definition) is 2. The summed E-state index contributed by atoms with van der Waals surface area (Å²) >= 11 is 11.1. The standard InChI is InChI=1S/C9H18Cl2N2/c1-8(4-5-13(2)3)12-7-9(11)6-10/h6,8,12H,4-5,7H2,1-3H3. The summed E-state index contributed by atoms with van der Waals surface area (Å²) < 4.78 is 0. The first kappa shape index (κ1) is 13.2. The van der Waals surface area contributed by atoms with Crippen LogP contribution < -0.4 is 5.32 Å². The molecule has 0 aromatic heterocycles. The molecule has 78 valence electrons. The molecule has 0 aliphatic carbocycles. The third kappa shape index (κ3) is 8.57. The Balaban J connectivity index is 3.46. The summed E-state index contributed by atoms with van der Waals surface area (Å²) in [5.41, 5.74) is 1.40. The van der Waals surface area contributed by atoms with Crippen molar-refractivity contribution in [3.63, 3.8) is 0 Å². The fourth-order valence-electron chi connectivity index (χ4n) is 0.864. The molecule has 0 bridgehead atoms. The average molecular weight is 225 g/mol. The molecule has 0 aliphatic heterocycles. The molecule has 4 heteroatoms. The van der Waals surface area contributed by atoms with Gasteiger partial charge in [0.1, 0.15) is 0 Å². The van der Waals surface area contributed by atoms with E-state index in [0.29, 0.717) is 17.6 Å². The van der Waals surface area contributed by atoms with Crippen LogP contribution in [0.2, 0.25) is 0 Å². The maximum Gasteiger partial charge on any atom is 0.0431 e. The summed E-state index contributed by atoms with van der Waals surface area (Å²) in [5.74, 6) is 0. The summed E-state index contributed by atoms with van der Waals surface area (Å²) in [6, 6.07) is 0.466. The highest BCUT2D eigenvalue weighted by molar-refractivity contribution is 6.36. The van der Waals surface area contributed by atoms with Crippen molar-refractivity contribution in [1.82, 2.24) is 10.2 Å². The maximum absolute atomic E-state index is 5.73. The summed E-state index contributed by atoms with van der Waals surface area (Å²) in [6.07, 6.45) is 1.11. The van der Waals surface area contributed by atoms with Gasteiger partial charge in [-0.05, 0) is 34.0 Å². The predicted molar refractivity (Wildman–Crippen MR) is 60.4 cm³/mol. The highest BCUT2D eigenvalue weighted by Gasteiger charge is 2.01. The minimum absolute atomic E-state index is 0.466. The lowest BCUT2D eigenvalue weighted by atomic mass is 10.2. The zero-order valence-electron chi connectivity index (χ0n) is 8.48. The molecule has 0 saturated heterocycles. The van der Waals surface area contributed by atoms with Crippen molar-refractivity contribution in [3.05, 3.63) is 10.6 Å². The Kier molecular flexibility index (Phi) is 7.77. The van der Waals surface area contributed by atoms with Crippen LogP contribution in [0.4, 0.5) is 0 Å². The Morgan fingerprint density at radius 1 is 1.54 bits per heavy atom. The van der Waals surface area contributed by atoms with Gasteiger partial charge in [-0.1, -0.05) is 23.2 Å². The molecule has 1 N–H and O–H groups in total. The van der Waals surface area contributed by atoms with Crippen LogP contribution in [0.5, 0.6) is 0 Å². The molecule has 1 atom stereocenters. The zero-order valence-corrected chi connectivity index (χ0v) is 9.99. The first-order valence-corrected chi connectivity index (χ1v) is 5.20. The van der Waals surface area contributed by atoms with Gasteiger partial charge in [0.15, 0.2) is 0 Å². The molecule has 0 saturated carbocycles. The lowest BCUT2D eigenvalue weighted by Gasteiger charge is -2.16. The van der Waals surface area contributed by atoms with Gasteiger partial charge in [0.05, 0.1) is 0 Å². The Hall–Kier alpha value is 0.240. The molecule has 2 nitrogen and oxygen atoms in total. The predicted octanol–water partition coefficient (Wildman–Crippen LogP) is 2.24. The van der Waals surface area contributed by atoms with Crippen molar-refractivity contribution in [2.75, 3.05) is 27.2 Å². The lowest BCUT2D eigenvalue weighted by molar-refractivity contribution is 0.370. The van der Waals surface area contributed by atoms with Crippen molar-refractivity contribution in [1.29, 1.82) is 0 Å². The second-order valence-corrected chi connectivity index (χ2v) is 4.13. The van der Waals surface area contributed by atoms with Gasteiger partial charge in [-0.25, -0.2) is 0 Å². The van der Waals surface area contributed by atoms with E-state index in [1.54, 1.807) is 0 Å². The van der Waals surface area contributed by atoms with E-state index in [4.69, 9.17) is 23.2 Å². The average Bonchev–Trinajstić information content (AvgIpc) is 2.10. The van der Waals surface area contributed by atoms with Crippen molar-refractivity contribution in [2.24, 2.45) is 0 Å². The van der Waals surface area contributed by atoms with Gasteiger partial charge in [0.25, 0.3) is 0 Å². The van der Waals surface area contributed by atoms with E-state index < -0.39 is 0 Å². The minimum atomic E-state index is 0.466. The third-order valence-corrected chi connectivity index (χ3v) is 2.36. The van der Waals surface area contributed by atoms with E-state index >= 15 is 0 Å². The molecule has 0 spiro atoms. The van der Waals surface area contributed by atoms with Gasteiger partial charge in [-0.15, -0.1) is 0 Å². The van der Waals surface area contributed by atoms with E-state index in [9.17, 15) is 0 Å². The first-order chi connectivity index (χ1) is 6.06. The third-order valence-electron chi connectivity index (χ3n) is 1.75. The molecule has 0 radical (unpaired) electrons. The molecule has 1 unspecified atom stereocenters.